The number of ether oxygens (including phenoxy) is 1. The second kappa shape index (κ2) is 9.57. The summed E-state index contributed by atoms with van der Waals surface area (Å²) in [5, 5.41) is 11.4. The third-order valence-electron chi connectivity index (χ3n) is 5.90. The smallest absolute Gasteiger partial charge is 0.465 e. The van der Waals surface area contributed by atoms with E-state index < -0.39 is 18.4 Å². The van der Waals surface area contributed by atoms with Crippen molar-refractivity contribution in [1.29, 1.82) is 0 Å². The summed E-state index contributed by atoms with van der Waals surface area (Å²) in [4.78, 5) is 26.1. The van der Waals surface area contributed by atoms with Crippen LogP contribution in [0.5, 0.6) is 5.75 Å². The van der Waals surface area contributed by atoms with E-state index in [-0.39, 0.29) is 30.2 Å². The Labute approximate surface area is 173 Å². The zero-order valence-electron chi connectivity index (χ0n) is 16.7. The van der Waals surface area contributed by atoms with Crippen molar-refractivity contribution in [2.75, 3.05) is 13.1 Å². The van der Waals surface area contributed by atoms with Gasteiger partial charge in [-0.15, -0.1) is 13.2 Å². The molecule has 1 heterocycles. The van der Waals surface area contributed by atoms with Crippen molar-refractivity contribution in [3.05, 3.63) is 29.8 Å². The van der Waals surface area contributed by atoms with Gasteiger partial charge < -0.3 is 20.1 Å². The number of halogens is 3. The summed E-state index contributed by atoms with van der Waals surface area (Å²) < 4.78 is 42.1. The first kappa shape index (κ1) is 22.2. The number of likely N-dealkylation sites (tertiary alicyclic amines) is 1. The third-order valence-corrected chi connectivity index (χ3v) is 5.90. The van der Waals surface area contributed by atoms with Gasteiger partial charge in [0.25, 0.3) is 0 Å². The number of nitrogens with zero attached hydrogens (tertiary/aromatic N) is 1. The lowest BCUT2D eigenvalue weighted by atomic mass is 9.76. The first-order valence-corrected chi connectivity index (χ1v) is 10.4. The maximum atomic E-state index is 13.5. The molecule has 2 aliphatic rings. The molecule has 1 aromatic carbocycles. The van der Waals surface area contributed by atoms with Crippen LogP contribution in [-0.4, -0.2) is 47.5 Å². The first-order valence-electron chi connectivity index (χ1n) is 10.4. The third kappa shape index (κ3) is 6.03. The molecule has 30 heavy (non-hydrogen) atoms. The average Bonchev–Trinajstić information content (AvgIpc) is 2.68. The minimum Gasteiger partial charge on any atom is -0.465 e. The largest absolute Gasteiger partial charge is 0.573 e. The van der Waals surface area contributed by atoms with E-state index in [0.29, 0.717) is 24.9 Å². The maximum absolute atomic E-state index is 13.5. The Morgan fingerprint density at radius 3 is 2.53 bits per heavy atom. The van der Waals surface area contributed by atoms with Crippen LogP contribution in [0.2, 0.25) is 0 Å². The van der Waals surface area contributed by atoms with Crippen LogP contribution < -0.4 is 10.1 Å². The van der Waals surface area contributed by atoms with Crippen LogP contribution in [0.3, 0.4) is 0 Å². The number of rotatable bonds is 5. The van der Waals surface area contributed by atoms with Gasteiger partial charge in [0.15, 0.2) is 0 Å². The highest BCUT2D eigenvalue weighted by molar-refractivity contribution is 5.84. The predicted octanol–water partition coefficient (Wildman–Crippen LogP) is 4.51. The Morgan fingerprint density at radius 1 is 1.13 bits per heavy atom. The van der Waals surface area contributed by atoms with Crippen molar-refractivity contribution in [1.82, 2.24) is 10.2 Å². The molecule has 2 atom stereocenters. The van der Waals surface area contributed by atoms with E-state index in [2.05, 4.69) is 10.1 Å². The van der Waals surface area contributed by atoms with Crippen molar-refractivity contribution in [2.24, 2.45) is 5.92 Å². The van der Waals surface area contributed by atoms with Crippen LogP contribution >= 0.6 is 0 Å². The van der Waals surface area contributed by atoms with E-state index >= 15 is 0 Å². The summed E-state index contributed by atoms with van der Waals surface area (Å²) in [6.45, 7) is 0.783. The summed E-state index contributed by atoms with van der Waals surface area (Å²) in [6.07, 6.45) is 0.123. The Bertz CT molecular complexity index is 750. The van der Waals surface area contributed by atoms with Gasteiger partial charge >= 0.3 is 12.5 Å². The highest BCUT2D eigenvalue weighted by Gasteiger charge is 2.37. The molecule has 2 amide bonds. The number of hydrogen-bond donors (Lipinski definition) is 2. The van der Waals surface area contributed by atoms with E-state index in [1.807, 2.05) is 0 Å². The lowest BCUT2D eigenvalue weighted by Gasteiger charge is -2.38. The molecular formula is C21H27F3N2O4. The monoisotopic (exact) mass is 428 g/mol. The fraction of sp³-hybridized carbons (Fsp3) is 0.619. The Hall–Kier alpha value is -2.45. The number of amides is 2. The average molecular weight is 428 g/mol. The molecule has 9 heteroatoms. The van der Waals surface area contributed by atoms with Gasteiger partial charge in [0, 0.05) is 19.1 Å². The van der Waals surface area contributed by atoms with Gasteiger partial charge in [-0.2, -0.15) is 0 Å². The number of nitrogens with one attached hydrogen (secondary N) is 1. The van der Waals surface area contributed by atoms with E-state index in [1.165, 1.54) is 18.2 Å². The van der Waals surface area contributed by atoms with E-state index in [1.54, 1.807) is 11.0 Å². The van der Waals surface area contributed by atoms with Gasteiger partial charge in [-0.25, -0.2) is 4.79 Å². The Balaban J connectivity index is 1.85. The van der Waals surface area contributed by atoms with E-state index in [0.717, 1.165) is 32.1 Å². The second-order valence-electron chi connectivity index (χ2n) is 8.07. The van der Waals surface area contributed by atoms with Crippen LogP contribution in [0.1, 0.15) is 56.4 Å². The summed E-state index contributed by atoms with van der Waals surface area (Å²) in [6, 6.07) is 5.35. The molecule has 6 nitrogen and oxygen atoms in total. The molecule has 1 unspecified atom stereocenters. The Morgan fingerprint density at radius 2 is 1.87 bits per heavy atom. The number of carbonyl (C=O) groups excluding carboxylic acids is 1. The lowest BCUT2D eigenvalue weighted by molar-refractivity contribution is -0.274. The minimum absolute atomic E-state index is 0.0418. The summed E-state index contributed by atoms with van der Waals surface area (Å²) in [5.41, 5.74) is 0.516. The van der Waals surface area contributed by atoms with Gasteiger partial charge in [0.2, 0.25) is 5.91 Å². The standard InChI is InChI=1S/C21H27F3N2O4/c22-21(23,24)30-17-10-4-8-15(12-17)18(14-6-2-1-3-7-14)19(27)26-11-5-9-16(13-26)25-20(28)29/h4,8,10,12,14,16,18,25H,1-3,5-7,9,11,13H2,(H,28,29)/t16-,18?/m1/s1. The van der Waals surface area contributed by atoms with Crippen molar-refractivity contribution in [3.63, 3.8) is 0 Å². The molecule has 1 aromatic rings. The number of hydrogen-bond acceptors (Lipinski definition) is 3. The van der Waals surface area contributed by atoms with Crippen LogP contribution in [0.4, 0.5) is 18.0 Å². The molecule has 3 rings (SSSR count). The van der Waals surface area contributed by atoms with Gasteiger partial charge in [-0.1, -0.05) is 31.4 Å². The maximum Gasteiger partial charge on any atom is 0.573 e. The van der Waals surface area contributed by atoms with Crippen molar-refractivity contribution >= 4 is 12.0 Å². The normalized spacial score (nSPS) is 21.7. The topological polar surface area (TPSA) is 78.9 Å². The fourth-order valence-corrected chi connectivity index (χ4v) is 4.66. The number of piperidine rings is 1. The Kier molecular flexibility index (Phi) is 7.10. The molecule has 166 valence electrons. The molecule has 1 saturated carbocycles. The molecule has 0 aromatic heterocycles. The van der Waals surface area contributed by atoms with E-state index in [4.69, 9.17) is 5.11 Å². The zero-order chi connectivity index (χ0) is 21.7. The van der Waals surface area contributed by atoms with Crippen molar-refractivity contribution in [2.45, 2.75) is 63.3 Å². The summed E-state index contributed by atoms with van der Waals surface area (Å²) in [5.74, 6) is -1.01. The summed E-state index contributed by atoms with van der Waals surface area (Å²) >= 11 is 0. The number of benzene rings is 1. The van der Waals surface area contributed by atoms with Gasteiger partial charge in [-0.3, -0.25) is 4.79 Å². The minimum atomic E-state index is -4.80. The van der Waals surface area contributed by atoms with Crippen LogP contribution in [0.15, 0.2) is 24.3 Å². The van der Waals surface area contributed by atoms with Crippen LogP contribution in [-0.2, 0) is 4.79 Å². The molecule has 1 aliphatic heterocycles. The zero-order valence-corrected chi connectivity index (χ0v) is 16.7. The van der Waals surface area contributed by atoms with Crippen molar-refractivity contribution < 1.29 is 32.6 Å². The van der Waals surface area contributed by atoms with Gasteiger partial charge in [-0.05, 0) is 49.3 Å². The highest BCUT2D eigenvalue weighted by Crippen LogP contribution is 2.39. The predicted molar refractivity (Wildman–Crippen MR) is 103 cm³/mol. The molecule has 1 aliphatic carbocycles. The first-order chi connectivity index (χ1) is 14.2. The number of alkyl halides is 3. The number of carbonyl (C=O) groups is 2. The van der Waals surface area contributed by atoms with Gasteiger partial charge in [0.05, 0.1) is 5.92 Å². The molecule has 2 fully saturated rings. The number of carboxylic acid groups (broad SMARTS) is 1. The fourth-order valence-electron chi connectivity index (χ4n) is 4.66. The summed E-state index contributed by atoms with van der Waals surface area (Å²) in [7, 11) is 0. The molecule has 0 spiro atoms. The van der Waals surface area contributed by atoms with E-state index in [9.17, 15) is 22.8 Å². The SMILES string of the molecule is O=C(O)N[C@@H]1CCCN(C(=O)C(c2cccc(OC(F)(F)F)c2)C2CCCCC2)C1. The lowest BCUT2D eigenvalue weighted by Crippen LogP contribution is -2.51. The highest BCUT2D eigenvalue weighted by atomic mass is 19.4. The van der Waals surface area contributed by atoms with Crippen LogP contribution in [0, 0.1) is 5.92 Å². The quantitative estimate of drug-likeness (QED) is 0.724. The molecule has 0 bridgehead atoms. The van der Waals surface area contributed by atoms with Gasteiger partial charge in [0.1, 0.15) is 5.75 Å². The molecule has 2 N–H and O–H groups in total. The van der Waals surface area contributed by atoms with Crippen molar-refractivity contribution in [3.8, 4) is 5.75 Å². The molecular weight excluding hydrogens is 401 g/mol. The second-order valence-corrected chi connectivity index (χ2v) is 8.07. The molecule has 1 saturated heterocycles. The molecule has 0 radical (unpaired) electrons. The van der Waals surface area contributed by atoms with Crippen LogP contribution in [0.25, 0.3) is 0 Å².